The highest BCUT2D eigenvalue weighted by Gasteiger charge is 1.98. The maximum atomic E-state index is 9.98. The molecule has 0 fully saturated rings. The summed E-state index contributed by atoms with van der Waals surface area (Å²) >= 11 is 0. The summed E-state index contributed by atoms with van der Waals surface area (Å²) in [5, 5.41) is 2.96. The van der Waals surface area contributed by atoms with Crippen LogP contribution in [0.3, 0.4) is 0 Å². The molecular formula is C5H2N2O3. The Labute approximate surface area is 54.4 Å². The maximum absolute atomic E-state index is 9.98. The second-order valence-corrected chi connectivity index (χ2v) is 1.48. The number of aromatic nitrogens is 1. The van der Waals surface area contributed by atoms with Gasteiger partial charge in [-0.05, 0) is 0 Å². The van der Waals surface area contributed by atoms with Crippen LogP contribution in [0.2, 0.25) is 0 Å². The molecule has 0 atom stereocenters. The highest BCUT2D eigenvalue weighted by molar-refractivity contribution is 5.57. The fourth-order valence-corrected chi connectivity index (χ4v) is 0.471. The van der Waals surface area contributed by atoms with E-state index < -0.39 is 0 Å². The lowest BCUT2D eigenvalue weighted by molar-refractivity contribution is 0.394. The van der Waals surface area contributed by atoms with Crippen LogP contribution in [0.25, 0.3) is 0 Å². The molecule has 1 aromatic rings. The van der Waals surface area contributed by atoms with Gasteiger partial charge in [0.15, 0.2) is 17.0 Å². The van der Waals surface area contributed by atoms with E-state index in [9.17, 15) is 9.59 Å². The molecule has 0 spiro atoms. The van der Waals surface area contributed by atoms with E-state index in [4.69, 9.17) is 5.73 Å². The Morgan fingerprint density at radius 1 is 1.40 bits per heavy atom. The van der Waals surface area contributed by atoms with Crippen LogP contribution < -0.4 is 16.4 Å². The predicted molar refractivity (Wildman–Crippen MR) is 29.8 cm³/mol. The first-order chi connectivity index (χ1) is 4.79. The molecule has 0 amide bonds. The maximum Gasteiger partial charge on any atom is 0.263 e. The molecule has 1 heterocycles. The first kappa shape index (κ1) is 6.29. The fraction of sp³-hybridized carbons (Fsp3) is 0. The molecule has 0 aliphatic carbocycles. The zero-order valence-corrected chi connectivity index (χ0v) is 4.75. The summed E-state index contributed by atoms with van der Waals surface area (Å²) in [6, 6.07) is 0. The number of nitrogen functional groups attached to an aromatic ring is 1. The second kappa shape index (κ2) is 2.19. The molecule has 0 radical (unpaired) electrons. The van der Waals surface area contributed by atoms with Gasteiger partial charge in [-0.15, -0.1) is 0 Å². The molecule has 0 unspecified atom stereocenters. The van der Waals surface area contributed by atoms with Crippen LogP contribution in [0, 0.1) is 0 Å². The van der Waals surface area contributed by atoms with E-state index in [0.29, 0.717) is 0 Å². The molecule has 50 valence electrons. The third kappa shape index (κ3) is 0.717. The summed E-state index contributed by atoms with van der Waals surface area (Å²) in [7, 11) is 0. The predicted octanol–water partition coefficient (Wildman–Crippen LogP) is -2.74. The Bertz CT molecular complexity index is 395. The van der Waals surface area contributed by atoms with E-state index in [0.717, 1.165) is 0 Å². The molecule has 10 heavy (non-hydrogen) atoms. The first-order valence-corrected chi connectivity index (χ1v) is 2.31. The summed E-state index contributed by atoms with van der Waals surface area (Å²) in [6.07, 6.45) is 0. The van der Waals surface area contributed by atoms with Crippen LogP contribution >= 0.6 is 0 Å². The van der Waals surface area contributed by atoms with Gasteiger partial charge in [-0.25, -0.2) is 9.59 Å². The van der Waals surface area contributed by atoms with Crippen molar-refractivity contribution in [2.24, 2.45) is 0 Å². The second-order valence-electron chi connectivity index (χ2n) is 1.48. The summed E-state index contributed by atoms with van der Waals surface area (Å²) in [5.74, 6) is 2.60. The number of hydrogen-bond acceptors (Lipinski definition) is 5. The van der Waals surface area contributed by atoms with Gasteiger partial charge in [0.2, 0.25) is 0 Å². The van der Waals surface area contributed by atoms with Gasteiger partial charge in [0.05, 0.1) is 0 Å². The van der Waals surface area contributed by atoms with Crippen LogP contribution in [-0.2, 0) is 9.59 Å². The quantitative estimate of drug-likeness (QED) is 0.420. The van der Waals surface area contributed by atoms with Gasteiger partial charge >= 0.3 is 0 Å². The largest absolute Gasteiger partial charge is 0.380 e. The Morgan fingerprint density at radius 3 is 2.50 bits per heavy atom. The van der Waals surface area contributed by atoms with Crippen molar-refractivity contribution in [1.82, 2.24) is 5.16 Å². The fourth-order valence-electron chi connectivity index (χ4n) is 0.471. The van der Waals surface area contributed by atoms with E-state index in [1.54, 1.807) is 0 Å². The number of carbonyl (C=O) groups excluding carboxylic acids is 2. The van der Waals surface area contributed by atoms with E-state index in [-0.39, 0.29) is 16.5 Å². The van der Waals surface area contributed by atoms with Crippen molar-refractivity contribution in [2.75, 3.05) is 5.73 Å². The smallest absolute Gasteiger partial charge is 0.263 e. The van der Waals surface area contributed by atoms with E-state index in [2.05, 4.69) is 9.68 Å². The zero-order chi connectivity index (χ0) is 7.56. The first-order valence-electron chi connectivity index (χ1n) is 2.31. The van der Waals surface area contributed by atoms with Crippen molar-refractivity contribution < 1.29 is 14.1 Å². The van der Waals surface area contributed by atoms with Crippen LogP contribution in [0.15, 0.2) is 4.52 Å². The highest BCUT2D eigenvalue weighted by Crippen LogP contribution is 1.72. The van der Waals surface area contributed by atoms with Crippen LogP contribution in [0.4, 0.5) is 5.82 Å². The summed E-state index contributed by atoms with van der Waals surface area (Å²) in [5.41, 5.74) is 4.77. The average Bonchev–Trinajstić information content (AvgIpc) is 2.30. The van der Waals surface area contributed by atoms with Crippen LogP contribution in [0.5, 0.6) is 0 Å². The van der Waals surface area contributed by atoms with Crippen molar-refractivity contribution in [1.29, 1.82) is 0 Å². The highest BCUT2D eigenvalue weighted by atomic mass is 16.5. The summed E-state index contributed by atoms with van der Waals surface area (Å²) in [4.78, 5) is 19.9. The van der Waals surface area contributed by atoms with Crippen molar-refractivity contribution in [2.45, 2.75) is 0 Å². The lowest BCUT2D eigenvalue weighted by atomic mass is 10.5. The van der Waals surface area contributed by atoms with Gasteiger partial charge in [0.1, 0.15) is 5.94 Å². The lowest BCUT2D eigenvalue weighted by Gasteiger charge is -1.66. The normalized spacial score (nSPS) is 8.40. The molecule has 1 rings (SSSR count). The number of nitrogens with zero attached hydrogens (tertiary/aromatic N) is 1. The van der Waals surface area contributed by atoms with Gasteiger partial charge in [-0.3, -0.25) is 0 Å². The van der Waals surface area contributed by atoms with Crippen LogP contribution in [0.1, 0.15) is 0 Å². The third-order valence-electron chi connectivity index (χ3n) is 0.913. The Hall–Kier alpha value is -1.83. The van der Waals surface area contributed by atoms with E-state index >= 15 is 0 Å². The van der Waals surface area contributed by atoms with Crippen molar-refractivity contribution in [3.63, 3.8) is 0 Å². The van der Waals surface area contributed by atoms with E-state index in [1.165, 1.54) is 11.9 Å². The van der Waals surface area contributed by atoms with Crippen molar-refractivity contribution >= 4 is 17.7 Å². The average molecular weight is 138 g/mol. The number of rotatable bonds is 0. The molecule has 1 aromatic heterocycles. The molecule has 0 saturated carbocycles. The minimum absolute atomic E-state index is 0.145. The zero-order valence-electron chi connectivity index (χ0n) is 4.75. The monoisotopic (exact) mass is 138 g/mol. The van der Waals surface area contributed by atoms with Gasteiger partial charge in [-0.1, -0.05) is 5.16 Å². The molecule has 5 heteroatoms. The van der Waals surface area contributed by atoms with Gasteiger partial charge in [-0.2, -0.15) is 0 Å². The number of anilines is 1. The van der Waals surface area contributed by atoms with Crippen LogP contribution in [-0.4, -0.2) is 17.0 Å². The molecule has 0 aliphatic rings. The SMILES string of the molecule is Nc1noc(=C=O)c1=C=O. The Kier molecular flexibility index (Phi) is 1.38. The molecule has 0 aliphatic heterocycles. The van der Waals surface area contributed by atoms with Gasteiger partial charge < -0.3 is 10.3 Å². The van der Waals surface area contributed by atoms with E-state index in [1.807, 2.05) is 0 Å². The molecule has 0 aromatic carbocycles. The molecule has 0 saturated heterocycles. The van der Waals surface area contributed by atoms with Crippen molar-refractivity contribution in [3.05, 3.63) is 10.6 Å². The molecule has 0 bridgehead atoms. The molecule has 2 N–H and O–H groups in total. The Morgan fingerprint density at radius 2 is 2.10 bits per heavy atom. The van der Waals surface area contributed by atoms with Gasteiger partial charge in [0.25, 0.3) is 5.42 Å². The minimum atomic E-state index is -0.312. The van der Waals surface area contributed by atoms with Crippen molar-refractivity contribution in [3.8, 4) is 0 Å². The number of nitrogens with two attached hydrogens (primary N) is 1. The summed E-state index contributed by atoms with van der Waals surface area (Å²) in [6.45, 7) is 0. The third-order valence-corrected chi connectivity index (χ3v) is 0.913. The number of hydrogen-bond donors (Lipinski definition) is 1. The topological polar surface area (TPSA) is 86.2 Å². The minimum Gasteiger partial charge on any atom is -0.380 e. The molecule has 5 nitrogen and oxygen atoms in total. The van der Waals surface area contributed by atoms with Gasteiger partial charge in [0, 0.05) is 0 Å². The summed E-state index contributed by atoms with van der Waals surface area (Å²) < 4.78 is 4.27. The standard InChI is InChI=1S/C5H2N2O3/c6-5-3(1-8)4(2-9)10-7-5/h(H2,6,7). The Balaban J connectivity index is 3.95. The molecular weight excluding hydrogens is 136 g/mol. The lowest BCUT2D eigenvalue weighted by Crippen LogP contribution is -2.24.